The van der Waals surface area contributed by atoms with Crippen molar-refractivity contribution < 1.29 is 9.53 Å². The first-order valence-corrected chi connectivity index (χ1v) is 6.65. The van der Waals surface area contributed by atoms with E-state index in [0.29, 0.717) is 22.4 Å². The molecule has 2 heterocycles. The molecule has 0 saturated heterocycles. The number of thiazole rings is 1. The average molecular weight is 289 g/mol. The maximum Gasteiger partial charge on any atom is 0.262 e. The summed E-state index contributed by atoms with van der Waals surface area (Å²) in [6, 6.07) is 5.42. The molecule has 1 aromatic carbocycles. The molecule has 7 nitrogen and oxygen atoms in total. The van der Waals surface area contributed by atoms with Crippen LogP contribution in [0.3, 0.4) is 0 Å². The normalized spacial score (nSPS) is 13.7. The van der Waals surface area contributed by atoms with E-state index in [1.807, 2.05) is 6.07 Å². The van der Waals surface area contributed by atoms with Crippen LogP contribution in [0.2, 0.25) is 0 Å². The molecule has 0 saturated carbocycles. The number of hydrogen-bond acceptors (Lipinski definition) is 7. The molecule has 0 spiro atoms. The van der Waals surface area contributed by atoms with E-state index >= 15 is 0 Å². The van der Waals surface area contributed by atoms with Crippen molar-refractivity contribution in [3.63, 3.8) is 0 Å². The van der Waals surface area contributed by atoms with Gasteiger partial charge < -0.3 is 15.8 Å². The van der Waals surface area contributed by atoms with Gasteiger partial charge in [0, 0.05) is 5.38 Å². The molecule has 0 atom stereocenters. The lowest BCUT2D eigenvalue weighted by molar-refractivity contribution is -0.118. The number of hydrogen-bond donors (Lipinski definition) is 3. The van der Waals surface area contributed by atoms with Crippen molar-refractivity contribution in [1.82, 2.24) is 4.98 Å². The number of nitrogens with two attached hydrogens (primary N) is 1. The van der Waals surface area contributed by atoms with Gasteiger partial charge in [-0.15, -0.1) is 11.3 Å². The predicted octanol–water partition coefficient (Wildman–Crippen LogP) is 1.50. The lowest BCUT2D eigenvalue weighted by atomic mass is 10.2. The van der Waals surface area contributed by atoms with Gasteiger partial charge in [0.25, 0.3) is 5.91 Å². The summed E-state index contributed by atoms with van der Waals surface area (Å²) in [7, 11) is 0. The fourth-order valence-electron chi connectivity index (χ4n) is 1.68. The van der Waals surface area contributed by atoms with Crippen LogP contribution in [-0.2, 0) is 4.79 Å². The molecule has 1 aromatic heterocycles. The van der Waals surface area contributed by atoms with Crippen molar-refractivity contribution in [2.75, 3.05) is 23.1 Å². The number of fused-ring (bicyclic) bond motifs is 1. The first kappa shape index (κ1) is 12.4. The Morgan fingerprint density at radius 3 is 3.25 bits per heavy atom. The van der Waals surface area contributed by atoms with Gasteiger partial charge in [-0.25, -0.2) is 4.98 Å². The monoisotopic (exact) mass is 289 g/mol. The van der Waals surface area contributed by atoms with Crippen molar-refractivity contribution in [2.24, 2.45) is 5.10 Å². The fourth-order valence-corrected chi connectivity index (χ4v) is 2.23. The second-order valence-electron chi connectivity index (χ2n) is 4.04. The third-order valence-electron chi connectivity index (χ3n) is 2.53. The summed E-state index contributed by atoms with van der Waals surface area (Å²) in [5.41, 5.74) is 9.75. The van der Waals surface area contributed by atoms with Crippen molar-refractivity contribution in [3.05, 3.63) is 29.1 Å². The maximum atomic E-state index is 11.2. The van der Waals surface area contributed by atoms with Crippen molar-refractivity contribution in [3.8, 4) is 5.75 Å². The second-order valence-corrected chi connectivity index (χ2v) is 4.90. The van der Waals surface area contributed by atoms with E-state index in [4.69, 9.17) is 10.5 Å². The van der Waals surface area contributed by atoms with Crippen molar-refractivity contribution in [1.29, 1.82) is 0 Å². The molecular formula is C12H11N5O2S. The molecule has 0 unspecified atom stereocenters. The molecule has 2 aromatic rings. The van der Waals surface area contributed by atoms with Crippen LogP contribution in [0.1, 0.15) is 5.56 Å². The van der Waals surface area contributed by atoms with E-state index in [1.165, 1.54) is 11.3 Å². The number of hydrazone groups is 1. The third-order valence-corrected chi connectivity index (χ3v) is 3.30. The molecule has 1 aliphatic rings. The molecule has 0 aliphatic carbocycles. The second kappa shape index (κ2) is 5.17. The van der Waals surface area contributed by atoms with Gasteiger partial charge in [0.1, 0.15) is 11.6 Å². The number of aromatic nitrogens is 1. The molecule has 0 fully saturated rings. The fraction of sp³-hybridized carbons (Fsp3) is 0.0833. The number of nitrogen functional groups attached to an aromatic ring is 1. The zero-order valence-electron chi connectivity index (χ0n) is 10.3. The molecule has 0 bridgehead atoms. The summed E-state index contributed by atoms with van der Waals surface area (Å²) in [6.45, 7) is 0.0491. The van der Waals surface area contributed by atoms with Crippen LogP contribution in [0.4, 0.5) is 16.6 Å². The number of anilines is 3. The summed E-state index contributed by atoms with van der Waals surface area (Å²) in [4.78, 5) is 15.3. The van der Waals surface area contributed by atoms with Crippen molar-refractivity contribution >= 4 is 40.1 Å². The highest BCUT2D eigenvalue weighted by atomic mass is 32.1. The van der Waals surface area contributed by atoms with E-state index in [0.717, 1.165) is 5.56 Å². The number of nitrogens with one attached hydrogen (secondary N) is 2. The number of ether oxygens (including phenoxy) is 1. The van der Waals surface area contributed by atoms with E-state index in [2.05, 4.69) is 20.8 Å². The Morgan fingerprint density at radius 2 is 2.45 bits per heavy atom. The van der Waals surface area contributed by atoms with Crippen LogP contribution in [0.15, 0.2) is 28.7 Å². The first-order chi connectivity index (χ1) is 9.70. The van der Waals surface area contributed by atoms with E-state index in [1.54, 1.807) is 23.7 Å². The minimum absolute atomic E-state index is 0.0491. The van der Waals surface area contributed by atoms with Crippen LogP contribution < -0.4 is 21.2 Å². The van der Waals surface area contributed by atoms with E-state index < -0.39 is 0 Å². The van der Waals surface area contributed by atoms with Gasteiger partial charge in [-0.05, 0) is 23.8 Å². The number of carbonyl (C=O) groups excluding carboxylic acids is 1. The Hall–Kier alpha value is -2.61. The van der Waals surface area contributed by atoms with E-state index in [9.17, 15) is 4.79 Å². The largest absolute Gasteiger partial charge is 0.482 e. The van der Waals surface area contributed by atoms with Gasteiger partial charge in [0.15, 0.2) is 6.61 Å². The SMILES string of the molecule is Nc1csc(NN=Cc2ccc3c(c2)NC(=O)CO3)n1. The quantitative estimate of drug-likeness (QED) is 0.587. The van der Waals surface area contributed by atoms with Gasteiger partial charge in [0.2, 0.25) is 5.13 Å². The van der Waals surface area contributed by atoms with Crippen LogP contribution in [0.5, 0.6) is 5.75 Å². The minimum Gasteiger partial charge on any atom is -0.482 e. The van der Waals surface area contributed by atoms with E-state index in [-0.39, 0.29) is 12.5 Å². The van der Waals surface area contributed by atoms with Gasteiger partial charge in [-0.3, -0.25) is 10.2 Å². The zero-order valence-corrected chi connectivity index (χ0v) is 11.1. The predicted molar refractivity (Wildman–Crippen MR) is 78.3 cm³/mol. The van der Waals surface area contributed by atoms with Crippen LogP contribution in [0.25, 0.3) is 0 Å². The highest BCUT2D eigenvalue weighted by molar-refractivity contribution is 7.14. The number of benzene rings is 1. The molecule has 4 N–H and O–H groups in total. The Kier molecular flexibility index (Phi) is 3.21. The first-order valence-electron chi connectivity index (χ1n) is 5.77. The molecule has 1 aliphatic heterocycles. The topological polar surface area (TPSA) is 102 Å². The average Bonchev–Trinajstić information content (AvgIpc) is 2.84. The van der Waals surface area contributed by atoms with Crippen LogP contribution in [-0.4, -0.2) is 23.7 Å². The molecule has 102 valence electrons. The molecule has 8 heteroatoms. The zero-order chi connectivity index (χ0) is 13.9. The van der Waals surface area contributed by atoms with Crippen molar-refractivity contribution in [2.45, 2.75) is 0 Å². The van der Waals surface area contributed by atoms with Gasteiger partial charge in [-0.1, -0.05) is 0 Å². The number of nitrogens with zero attached hydrogens (tertiary/aromatic N) is 2. The molecule has 1 amide bonds. The molecular weight excluding hydrogens is 278 g/mol. The highest BCUT2D eigenvalue weighted by Gasteiger charge is 2.15. The van der Waals surface area contributed by atoms with Crippen LogP contribution >= 0.6 is 11.3 Å². The summed E-state index contributed by atoms with van der Waals surface area (Å²) in [6.07, 6.45) is 1.62. The molecule has 3 rings (SSSR count). The van der Waals surface area contributed by atoms with Crippen LogP contribution in [0, 0.1) is 0 Å². The smallest absolute Gasteiger partial charge is 0.262 e. The summed E-state index contributed by atoms with van der Waals surface area (Å²) in [5.74, 6) is 0.951. The van der Waals surface area contributed by atoms with Gasteiger partial charge in [-0.2, -0.15) is 5.10 Å². The Morgan fingerprint density at radius 1 is 1.55 bits per heavy atom. The highest BCUT2D eigenvalue weighted by Crippen LogP contribution is 2.27. The number of carbonyl (C=O) groups is 1. The lowest BCUT2D eigenvalue weighted by Crippen LogP contribution is -2.25. The van der Waals surface area contributed by atoms with Gasteiger partial charge in [0.05, 0.1) is 11.9 Å². The Bertz CT molecular complexity index is 682. The minimum atomic E-state index is -0.164. The van der Waals surface area contributed by atoms with Gasteiger partial charge >= 0.3 is 0 Å². The Balaban J connectivity index is 1.71. The summed E-state index contributed by atoms with van der Waals surface area (Å²) < 4.78 is 5.27. The number of rotatable bonds is 3. The molecule has 20 heavy (non-hydrogen) atoms. The standard InChI is InChI=1S/C12H11N5O2S/c13-10-6-20-12(16-10)17-14-4-7-1-2-9-8(3-7)15-11(18)5-19-9/h1-4,6H,5,13H2,(H,15,18)(H,16,17). The summed E-state index contributed by atoms with van der Waals surface area (Å²) >= 11 is 1.37. The number of amides is 1. The molecule has 0 radical (unpaired) electrons. The lowest BCUT2D eigenvalue weighted by Gasteiger charge is -2.17. The third kappa shape index (κ3) is 2.69. The maximum absolute atomic E-state index is 11.2. The Labute approximate surface area is 118 Å². The summed E-state index contributed by atoms with van der Waals surface area (Å²) in [5, 5.41) is 9.14.